The molecule has 0 spiro atoms. The third kappa shape index (κ3) is 7.81. The van der Waals surface area contributed by atoms with Crippen LogP contribution < -0.4 is 5.32 Å². The van der Waals surface area contributed by atoms with Crippen LogP contribution in [0, 0.1) is 0 Å². The Hall–Kier alpha value is -1.56. The first-order valence-electron chi connectivity index (χ1n) is 8.77. The van der Waals surface area contributed by atoms with Crippen LogP contribution in [0.5, 0.6) is 0 Å². The highest BCUT2D eigenvalue weighted by atomic mass is 32.2. The van der Waals surface area contributed by atoms with Gasteiger partial charge < -0.3 is 10.2 Å². The van der Waals surface area contributed by atoms with Crippen LogP contribution in [0.1, 0.15) is 52.9 Å². The maximum absolute atomic E-state index is 12.1. The molecule has 0 aliphatic rings. The predicted molar refractivity (Wildman–Crippen MR) is 100 cm³/mol. The van der Waals surface area contributed by atoms with Crippen LogP contribution in [0.2, 0.25) is 0 Å². The number of aromatic nitrogens is 1. The Morgan fingerprint density at radius 3 is 2.38 bits per heavy atom. The Morgan fingerprint density at radius 1 is 1.12 bits per heavy atom. The van der Waals surface area contributed by atoms with Gasteiger partial charge in [-0.3, -0.25) is 9.59 Å². The van der Waals surface area contributed by atoms with Crippen LogP contribution in [0.25, 0.3) is 0 Å². The van der Waals surface area contributed by atoms with E-state index >= 15 is 0 Å². The Labute approximate surface area is 149 Å². The number of rotatable bonds is 11. The molecule has 0 fully saturated rings. The van der Waals surface area contributed by atoms with Gasteiger partial charge in [0.05, 0.1) is 16.9 Å². The first-order valence-corrected chi connectivity index (χ1v) is 9.75. The quantitative estimate of drug-likeness (QED) is 0.613. The highest BCUT2D eigenvalue weighted by Gasteiger charge is 2.12. The molecule has 0 saturated carbocycles. The van der Waals surface area contributed by atoms with E-state index in [1.807, 2.05) is 17.0 Å². The number of carbonyl (C=O) groups is 2. The highest BCUT2D eigenvalue weighted by Crippen LogP contribution is 2.16. The van der Waals surface area contributed by atoms with Crippen LogP contribution in [-0.2, 0) is 9.59 Å². The zero-order chi connectivity index (χ0) is 17.8. The number of carbonyl (C=O) groups excluding carboxylic acids is 2. The zero-order valence-electron chi connectivity index (χ0n) is 15.0. The van der Waals surface area contributed by atoms with E-state index in [2.05, 4.69) is 31.1 Å². The molecule has 1 rings (SSSR count). The highest BCUT2D eigenvalue weighted by molar-refractivity contribution is 7.99. The van der Waals surface area contributed by atoms with Crippen molar-refractivity contribution in [3.8, 4) is 0 Å². The predicted octanol–water partition coefficient (Wildman–Crippen LogP) is 3.95. The lowest BCUT2D eigenvalue weighted by molar-refractivity contribution is -0.131. The largest absolute Gasteiger partial charge is 0.343 e. The fourth-order valence-electron chi connectivity index (χ4n) is 2.37. The Morgan fingerprint density at radius 2 is 1.83 bits per heavy atom. The minimum Gasteiger partial charge on any atom is -0.343 e. The van der Waals surface area contributed by atoms with E-state index < -0.39 is 0 Å². The molecule has 0 aliphatic carbocycles. The third-order valence-corrected chi connectivity index (χ3v) is 4.27. The first kappa shape index (κ1) is 20.5. The molecular formula is C18H29N3O2S. The van der Waals surface area contributed by atoms with Crippen molar-refractivity contribution < 1.29 is 9.59 Å². The molecule has 0 aromatic carbocycles. The molecule has 134 valence electrons. The maximum atomic E-state index is 12.1. The van der Waals surface area contributed by atoms with Crippen LogP contribution in [-0.4, -0.2) is 40.5 Å². The minimum absolute atomic E-state index is 0.0713. The zero-order valence-corrected chi connectivity index (χ0v) is 15.8. The average molecular weight is 352 g/mol. The summed E-state index contributed by atoms with van der Waals surface area (Å²) in [5, 5.41) is 3.78. The van der Waals surface area contributed by atoms with Crippen LogP contribution in [0.3, 0.4) is 0 Å². The topological polar surface area (TPSA) is 62.3 Å². The van der Waals surface area contributed by atoms with Gasteiger partial charge in [0, 0.05) is 25.9 Å². The molecule has 1 N–H and O–H groups in total. The van der Waals surface area contributed by atoms with Gasteiger partial charge in [0.1, 0.15) is 0 Å². The molecule has 0 bridgehead atoms. The number of hydrogen-bond acceptors (Lipinski definition) is 4. The minimum atomic E-state index is -0.0713. The lowest BCUT2D eigenvalue weighted by Gasteiger charge is -2.21. The summed E-state index contributed by atoms with van der Waals surface area (Å²) in [6, 6.07) is 3.76. The fraction of sp³-hybridized carbons (Fsp3) is 0.611. The van der Waals surface area contributed by atoms with Crippen molar-refractivity contribution in [2.75, 3.05) is 24.2 Å². The summed E-state index contributed by atoms with van der Waals surface area (Å²) in [6.07, 6.45) is 4.95. The summed E-state index contributed by atoms with van der Waals surface area (Å²) in [5.74, 6) is 1.05. The van der Waals surface area contributed by atoms with E-state index in [-0.39, 0.29) is 11.8 Å². The van der Waals surface area contributed by atoms with Crippen LogP contribution in [0.4, 0.5) is 5.69 Å². The summed E-state index contributed by atoms with van der Waals surface area (Å²) in [5.41, 5.74) is 0.699. The molecule has 0 radical (unpaired) electrons. The smallest absolute Gasteiger partial charge is 0.224 e. The SMILES string of the molecule is CCCN(CCC)C(=O)CCCC(=O)Nc1ccc(SCC)nc1. The lowest BCUT2D eigenvalue weighted by Crippen LogP contribution is -2.32. The van der Waals surface area contributed by atoms with Gasteiger partial charge in [-0.1, -0.05) is 20.8 Å². The number of pyridine rings is 1. The van der Waals surface area contributed by atoms with Gasteiger partial charge >= 0.3 is 0 Å². The van der Waals surface area contributed by atoms with Crippen molar-refractivity contribution in [2.24, 2.45) is 0 Å². The second kappa shape index (κ2) is 11.9. The standard InChI is InChI=1S/C18H29N3O2S/c1-4-12-21(13-5-2)18(23)9-7-8-16(22)20-15-10-11-17(19-14-15)24-6-3/h10-11,14H,4-9,12-13H2,1-3H3,(H,20,22). The fourth-order valence-corrected chi connectivity index (χ4v) is 2.96. The van der Waals surface area contributed by atoms with E-state index in [0.717, 1.165) is 36.7 Å². The van der Waals surface area contributed by atoms with E-state index in [1.165, 1.54) is 0 Å². The molecule has 0 saturated heterocycles. The van der Waals surface area contributed by atoms with E-state index in [0.29, 0.717) is 24.9 Å². The summed E-state index contributed by atoms with van der Waals surface area (Å²) >= 11 is 1.66. The summed E-state index contributed by atoms with van der Waals surface area (Å²) in [7, 11) is 0. The number of anilines is 1. The normalized spacial score (nSPS) is 10.5. The van der Waals surface area contributed by atoms with E-state index in [1.54, 1.807) is 18.0 Å². The number of nitrogens with one attached hydrogen (secondary N) is 1. The second-order valence-corrected chi connectivity index (χ2v) is 6.88. The number of hydrogen-bond donors (Lipinski definition) is 1. The number of thioether (sulfide) groups is 1. The van der Waals surface area contributed by atoms with Gasteiger partial charge in [-0.15, -0.1) is 11.8 Å². The maximum Gasteiger partial charge on any atom is 0.224 e. The number of amides is 2. The summed E-state index contributed by atoms with van der Waals surface area (Å²) in [6.45, 7) is 7.81. The van der Waals surface area contributed by atoms with Crippen molar-refractivity contribution in [2.45, 2.75) is 57.9 Å². The average Bonchev–Trinajstić information content (AvgIpc) is 2.56. The Bertz CT molecular complexity index is 499. The summed E-state index contributed by atoms with van der Waals surface area (Å²) < 4.78 is 0. The molecule has 0 unspecified atom stereocenters. The molecule has 6 heteroatoms. The molecule has 5 nitrogen and oxygen atoms in total. The molecule has 1 aromatic rings. The van der Waals surface area contributed by atoms with Crippen molar-refractivity contribution in [3.63, 3.8) is 0 Å². The first-order chi connectivity index (χ1) is 11.6. The van der Waals surface area contributed by atoms with Gasteiger partial charge in [0.2, 0.25) is 11.8 Å². The molecule has 2 amide bonds. The van der Waals surface area contributed by atoms with Gasteiger partial charge in [-0.05, 0) is 37.1 Å². The van der Waals surface area contributed by atoms with Crippen molar-refractivity contribution >= 4 is 29.3 Å². The van der Waals surface area contributed by atoms with Gasteiger partial charge in [-0.2, -0.15) is 0 Å². The number of nitrogens with zero attached hydrogens (tertiary/aromatic N) is 2. The molecule has 0 aliphatic heterocycles. The monoisotopic (exact) mass is 351 g/mol. The Balaban J connectivity index is 2.33. The molecule has 1 heterocycles. The van der Waals surface area contributed by atoms with Gasteiger partial charge in [-0.25, -0.2) is 4.98 Å². The molecular weight excluding hydrogens is 322 g/mol. The van der Waals surface area contributed by atoms with Crippen molar-refractivity contribution in [3.05, 3.63) is 18.3 Å². The lowest BCUT2D eigenvalue weighted by atomic mass is 10.2. The molecule has 0 atom stereocenters. The van der Waals surface area contributed by atoms with E-state index in [9.17, 15) is 9.59 Å². The van der Waals surface area contributed by atoms with Gasteiger partial charge in [0.15, 0.2) is 0 Å². The van der Waals surface area contributed by atoms with Crippen molar-refractivity contribution in [1.82, 2.24) is 9.88 Å². The van der Waals surface area contributed by atoms with Gasteiger partial charge in [0.25, 0.3) is 0 Å². The van der Waals surface area contributed by atoms with Crippen molar-refractivity contribution in [1.29, 1.82) is 0 Å². The third-order valence-electron chi connectivity index (χ3n) is 3.45. The molecule has 1 aromatic heterocycles. The molecule has 24 heavy (non-hydrogen) atoms. The van der Waals surface area contributed by atoms with Crippen LogP contribution >= 0.6 is 11.8 Å². The second-order valence-electron chi connectivity index (χ2n) is 5.60. The Kier molecular flexibility index (Phi) is 10.2. The van der Waals surface area contributed by atoms with Crippen LogP contribution in [0.15, 0.2) is 23.4 Å². The summed E-state index contributed by atoms with van der Waals surface area (Å²) in [4.78, 5) is 30.3. The van der Waals surface area contributed by atoms with E-state index in [4.69, 9.17) is 0 Å².